The van der Waals surface area contributed by atoms with Crippen LogP contribution in [0.15, 0.2) is 30.3 Å². The molecule has 0 saturated carbocycles. The molecule has 5 heteroatoms. The Morgan fingerprint density at radius 2 is 1.55 bits per heavy atom. The normalized spacial score (nSPS) is 19.7. The Hall–Kier alpha value is -2.04. The fourth-order valence-corrected chi connectivity index (χ4v) is 4.36. The van der Waals surface area contributed by atoms with Gasteiger partial charge in [-0.2, -0.15) is 0 Å². The Balaban J connectivity index is 1.68. The van der Waals surface area contributed by atoms with E-state index in [0.717, 1.165) is 44.5 Å². The van der Waals surface area contributed by atoms with E-state index in [4.69, 9.17) is 4.74 Å². The van der Waals surface area contributed by atoms with Crippen LogP contribution in [0.4, 0.5) is 0 Å². The van der Waals surface area contributed by atoms with Gasteiger partial charge in [-0.3, -0.25) is 9.59 Å². The molecule has 160 valence electrons. The molecular weight excluding hydrogens is 364 g/mol. The van der Waals surface area contributed by atoms with E-state index in [9.17, 15) is 9.59 Å². The molecule has 2 amide bonds. The number of hydrogen-bond acceptors (Lipinski definition) is 3. The van der Waals surface area contributed by atoms with Gasteiger partial charge in [0.15, 0.2) is 0 Å². The molecule has 0 radical (unpaired) electrons. The highest BCUT2D eigenvalue weighted by atomic mass is 16.5. The molecule has 0 aromatic heterocycles. The maximum atomic E-state index is 13.0. The summed E-state index contributed by atoms with van der Waals surface area (Å²) < 4.78 is 6.13. The van der Waals surface area contributed by atoms with Crippen molar-refractivity contribution in [3.05, 3.63) is 30.3 Å². The fraction of sp³-hybridized carbons (Fsp3) is 0.667. The molecule has 0 bridgehead atoms. The molecule has 0 aliphatic carbocycles. The molecule has 2 aliphatic rings. The van der Waals surface area contributed by atoms with Crippen LogP contribution in [0, 0.1) is 10.8 Å². The van der Waals surface area contributed by atoms with Crippen LogP contribution in [0.3, 0.4) is 0 Å². The third kappa shape index (κ3) is 5.74. The Kier molecular flexibility index (Phi) is 6.86. The smallest absolute Gasteiger partial charge is 0.227 e. The third-order valence-corrected chi connectivity index (χ3v) is 6.28. The fourth-order valence-electron chi connectivity index (χ4n) is 4.36. The highest BCUT2D eigenvalue weighted by molar-refractivity contribution is 5.81. The summed E-state index contributed by atoms with van der Waals surface area (Å²) in [4.78, 5) is 29.7. The van der Waals surface area contributed by atoms with Crippen molar-refractivity contribution in [2.75, 3.05) is 32.8 Å². The number of hydrogen-bond donors (Lipinski definition) is 0. The average molecular weight is 401 g/mol. The maximum absolute atomic E-state index is 13.0. The van der Waals surface area contributed by atoms with Crippen molar-refractivity contribution in [2.24, 2.45) is 10.8 Å². The van der Waals surface area contributed by atoms with Crippen molar-refractivity contribution in [1.82, 2.24) is 9.80 Å². The summed E-state index contributed by atoms with van der Waals surface area (Å²) in [5, 5.41) is 0. The molecular formula is C24H36N2O3. The number of benzene rings is 1. The van der Waals surface area contributed by atoms with Crippen LogP contribution >= 0.6 is 0 Å². The number of carbonyl (C=O) groups is 2. The molecule has 0 N–H and O–H groups in total. The zero-order valence-corrected chi connectivity index (χ0v) is 18.3. The summed E-state index contributed by atoms with van der Waals surface area (Å²) in [7, 11) is 0. The van der Waals surface area contributed by atoms with Gasteiger partial charge in [-0.25, -0.2) is 0 Å². The second kappa shape index (κ2) is 9.19. The van der Waals surface area contributed by atoms with Gasteiger partial charge in [-0.15, -0.1) is 0 Å². The molecule has 2 fully saturated rings. The van der Waals surface area contributed by atoms with Gasteiger partial charge in [0.1, 0.15) is 5.75 Å². The first-order valence-electron chi connectivity index (χ1n) is 11.0. The molecule has 2 aliphatic heterocycles. The zero-order valence-electron chi connectivity index (χ0n) is 18.3. The van der Waals surface area contributed by atoms with Crippen molar-refractivity contribution in [3.63, 3.8) is 0 Å². The minimum atomic E-state index is -0.371. The number of para-hydroxylation sites is 1. The van der Waals surface area contributed by atoms with Crippen molar-refractivity contribution < 1.29 is 14.3 Å². The zero-order chi connectivity index (χ0) is 20.9. The van der Waals surface area contributed by atoms with Crippen LogP contribution in [-0.2, 0) is 9.59 Å². The first-order chi connectivity index (χ1) is 13.8. The average Bonchev–Trinajstić information content (AvgIpc) is 2.73. The lowest BCUT2D eigenvalue weighted by molar-refractivity contribution is -0.143. The highest BCUT2D eigenvalue weighted by Crippen LogP contribution is 2.38. The number of ether oxygens (including phenoxy) is 1. The SMILES string of the molecule is CC(C)(C)C(=O)N1CCC(COc2ccccc2)(CC(=O)N2CCCCC2)CC1. The van der Waals surface area contributed by atoms with Gasteiger partial charge in [0, 0.05) is 43.4 Å². The second-order valence-electron chi connectivity index (χ2n) is 9.76. The number of piperidine rings is 2. The third-order valence-electron chi connectivity index (χ3n) is 6.28. The van der Waals surface area contributed by atoms with E-state index in [1.54, 1.807) is 0 Å². The standard InChI is InChI=1S/C24H36N2O3/c1-23(2,3)22(28)26-16-12-24(13-17-26,19-29-20-10-6-4-7-11-20)18-21(27)25-14-8-5-9-15-25/h4,6-7,10-11H,5,8-9,12-19H2,1-3H3. The van der Waals surface area contributed by atoms with E-state index in [1.807, 2.05) is 60.9 Å². The Morgan fingerprint density at radius 3 is 2.14 bits per heavy atom. The van der Waals surface area contributed by atoms with Gasteiger partial charge in [-0.05, 0) is 44.2 Å². The Morgan fingerprint density at radius 1 is 0.931 bits per heavy atom. The number of rotatable bonds is 5. The van der Waals surface area contributed by atoms with Crippen LogP contribution in [0.25, 0.3) is 0 Å². The van der Waals surface area contributed by atoms with Crippen LogP contribution in [-0.4, -0.2) is 54.4 Å². The first kappa shape index (κ1) is 21.7. The van der Waals surface area contributed by atoms with Crippen LogP contribution in [0.1, 0.15) is 59.3 Å². The van der Waals surface area contributed by atoms with Crippen molar-refractivity contribution in [2.45, 2.75) is 59.3 Å². The molecule has 2 heterocycles. The maximum Gasteiger partial charge on any atom is 0.227 e. The molecule has 0 atom stereocenters. The monoisotopic (exact) mass is 400 g/mol. The van der Waals surface area contributed by atoms with Crippen molar-refractivity contribution >= 4 is 11.8 Å². The van der Waals surface area contributed by atoms with E-state index in [1.165, 1.54) is 6.42 Å². The predicted molar refractivity (Wildman–Crippen MR) is 115 cm³/mol. The van der Waals surface area contributed by atoms with Gasteiger partial charge >= 0.3 is 0 Å². The first-order valence-corrected chi connectivity index (χ1v) is 11.0. The van der Waals surface area contributed by atoms with E-state index in [2.05, 4.69) is 0 Å². The van der Waals surface area contributed by atoms with E-state index >= 15 is 0 Å². The summed E-state index contributed by atoms with van der Waals surface area (Å²) in [5.74, 6) is 1.28. The van der Waals surface area contributed by atoms with Crippen LogP contribution < -0.4 is 4.74 Å². The van der Waals surface area contributed by atoms with Gasteiger partial charge in [0.25, 0.3) is 0 Å². The molecule has 1 aromatic carbocycles. The van der Waals surface area contributed by atoms with Gasteiger partial charge in [-0.1, -0.05) is 39.0 Å². The minimum absolute atomic E-state index is 0.192. The van der Waals surface area contributed by atoms with Crippen LogP contribution in [0.2, 0.25) is 0 Å². The lowest BCUT2D eigenvalue weighted by Gasteiger charge is -2.43. The predicted octanol–water partition coefficient (Wildman–Crippen LogP) is 4.12. The number of carbonyl (C=O) groups excluding carboxylic acids is 2. The molecule has 2 saturated heterocycles. The lowest BCUT2D eigenvalue weighted by atomic mass is 9.75. The quantitative estimate of drug-likeness (QED) is 0.747. The van der Waals surface area contributed by atoms with E-state index < -0.39 is 0 Å². The van der Waals surface area contributed by atoms with Gasteiger partial charge in [0.2, 0.25) is 11.8 Å². The topological polar surface area (TPSA) is 49.9 Å². The van der Waals surface area contributed by atoms with Gasteiger partial charge < -0.3 is 14.5 Å². The molecule has 0 unspecified atom stereocenters. The number of likely N-dealkylation sites (tertiary alicyclic amines) is 2. The minimum Gasteiger partial charge on any atom is -0.493 e. The molecule has 1 aromatic rings. The van der Waals surface area contributed by atoms with Crippen molar-refractivity contribution in [3.8, 4) is 5.75 Å². The summed E-state index contributed by atoms with van der Waals surface area (Å²) >= 11 is 0. The second-order valence-corrected chi connectivity index (χ2v) is 9.76. The van der Waals surface area contributed by atoms with Crippen LogP contribution in [0.5, 0.6) is 5.75 Å². The molecule has 5 nitrogen and oxygen atoms in total. The number of amides is 2. The van der Waals surface area contributed by atoms with Crippen molar-refractivity contribution in [1.29, 1.82) is 0 Å². The van der Waals surface area contributed by atoms with E-state index in [0.29, 0.717) is 26.1 Å². The van der Waals surface area contributed by atoms with E-state index in [-0.39, 0.29) is 22.6 Å². The Labute approximate surface area is 175 Å². The summed E-state index contributed by atoms with van der Waals surface area (Å²) in [5.41, 5.74) is -0.580. The summed E-state index contributed by atoms with van der Waals surface area (Å²) in [6.07, 6.45) is 5.55. The highest BCUT2D eigenvalue weighted by Gasteiger charge is 2.41. The molecule has 3 rings (SSSR count). The van der Waals surface area contributed by atoms with Gasteiger partial charge in [0.05, 0.1) is 6.61 Å². The largest absolute Gasteiger partial charge is 0.493 e. The number of nitrogens with zero attached hydrogens (tertiary/aromatic N) is 2. The molecule has 29 heavy (non-hydrogen) atoms. The summed E-state index contributed by atoms with van der Waals surface area (Å²) in [6.45, 7) is 9.57. The lowest BCUT2D eigenvalue weighted by Crippen LogP contribution is -2.50. The summed E-state index contributed by atoms with van der Waals surface area (Å²) in [6, 6.07) is 9.81. The Bertz CT molecular complexity index is 682. The molecule has 0 spiro atoms.